The topological polar surface area (TPSA) is 9.23 Å². The highest BCUT2D eigenvalue weighted by Gasteiger charge is 2.31. The quantitative estimate of drug-likeness (QED) is 0.485. The van der Waals surface area contributed by atoms with Crippen LogP contribution in [0.3, 0.4) is 0 Å². The van der Waals surface area contributed by atoms with Gasteiger partial charge >= 0.3 is 12.4 Å². The van der Waals surface area contributed by atoms with E-state index in [1.165, 1.54) is 12.1 Å². The molecule has 0 aliphatic carbocycles. The van der Waals surface area contributed by atoms with Gasteiger partial charge in [-0.3, -0.25) is 0 Å². The number of alkyl halides is 6. The first-order valence-corrected chi connectivity index (χ1v) is 7.56. The molecule has 25 heavy (non-hydrogen) atoms. The van der Waals surface area contributed by atoms with Gasteiger partial charge in [0.2, 0.25) is 0 Å². The van der Waals surface area contributed by atoms with Gasteiger partial charge in [0.05, 0.1) is 24.3 Å². The average Bonchev–Trinajstić information content (AvgIpc) is 2.53. The van der Waals surface area contributed by atoms with Crippen LogP contribution in [0.4, 0.5) is 26.3 Å². The molecule has 0 spiro atoms. The maximum Gasteiger partial charge on any atom is 0.416 e. The molecular formula is C18H16F6O. The Morgan fingerprint density at radius 2 is 1.04 bits per heavy atom. The molecule has 0 heterocycles. The van der Waals surface area contributed by atoms with Gasteiger partial charge in [0.25, 0.3) is 0 Å². The van der Waals surface area contributed by atoms with Crippen LogP contribution in [0, 0.1) is 0 Å². The SMILES string of the molecule is FC(F)(F)c1cccc(CCOCCc2cccc(C(F)(F)F)c2)c1. The van der Waals surface area contributed by atoms with Gasteiger partial charge in [-0.15, -0.1) is 0 Å². The predicted octanol–water partition coefficient (Wildman–Crippen LogP) is 5.53. The minimum atomic E-state index is -4.39. The second-order valence-corrected chi connectivity index (χ2v) is 5.51. The Morgan fingerprint density at radius 1 is 0.640 bits per heavy atom. The van der Waals surface area contributed by atoms with Gasteiger partial charge in [0.15, 0.2) is 0 Å². The fourth-order valence-corrected chi connectivity index (χ4v) is 2.29. The average molecular weight is 362 g/mol. The van der Waals surface area contributed by atoms with Crippen LogP contribution in [0.2, 0.25) is 0 Å². The lowest BCUT2D eigenvalue weighted by Gasteiger charge is -2.10. The van der Waals surface area contributed by atoms with E-state index < -0.39 is 23.5 Å². The Bertz CT molecular complexity index is 631. The molecule has 0 fully saturated rings. The Morgan fingerprint density at radius 3 is 1.40 bits per heavy atom. The second kappa shape index (κ2) is 7.91. The highest BCUT2D eigenvalue weighted by atomic mass is 19.4. The molecule has 0 saturated carbocycles. The molecule has 0 amide bonds. The first kappa shape index (κ1) is 19.3. The largest absolute Gasteiger partial charge is 0.416 e. The Hall–Kier alpha value is -2.02. The third kappa shape index (κ3) is 6.08. The molecule has 0 saturated heterocycles. The molecule has 0 aromatic heterocycles. The summed E-state index contributed by atoms with van der Waals surface area (Å²) in [6.07, 6.45) is -8.18. The summed E-state index contributed by atoms with van der Waals surface area (Å²) in [7, 11) is 0. The summed E-state index contributed by atoms with van der Waals surface area (Å²) in [4.78, 5) is 0. The molecule has 0 aliphatic heterocycles. The van der Waals surface area contributed by atoms with Gasteiger partial charge in [0.1, 0.15) is 0 Å². The van der Waals surface area contributed by atoms with E-state index >= 15 is 0 Å². The standard InChI is InChI=1S/C18H16F6O/c19-17(20,21)15-5-1-3-13(11-15)7-9-25-10-8-14-4-2-6-16(12-14)18(22,23)24/h1-6,11-12H,7-10H2. The Labute approximate surface area is 141 Å². The maximum atomic E-state index is 12.6. The van der Waals surface area contributed by atoms with Crippen molar-refractivity contribution >= 4 is 0 Å². The van der Waals surface area contributed by atoms with Crippen LogP contribution in [0.1, 0.15) is 22.3 Å². The van der Waals surface area contributed by atoms with E-state index in [1.807, 2.05) is 0 Å². The van der Waals surface area contributed by atoms with Crippen molar-refractivity contribution in [2.24, 2.45) is 0 Å². The normalized spacial score (nSPS) is 12.4. The summed E-state index contributed by atoms with van der Waals surface area (Å²) in [5.74, 6) is 0. The van der Waals surface area contributed by atoms with Gasteiger partial charge in [-0.05, 0) is 36.1 Å². The van der Waals surface area contributed by atoms with Crippen molar-refractivity contribution in [3.63, 3.8) is 0 Å². The van der Waals surface area contributed by atoms with Crippen LogP contribution >= 0.6 is 0 Å². The summed E-state index contributed by atoms with van der Waals surface area (Å²) in [6, 6.07) is 9.95. The van der Waals surface area contributed by atoms with Gasteiger partial charge in [0, 0.05) is 0 Å². The van der Waals surface area contributed by atoms with Crippen LogP contribution < -0.4 is 0 Å². The summed E-state index contributed by atoms with van der Waals surface area (Å²) in [6.45, 7) is 0.389. The van der Waals surface area contributed by atoms with Crippen molar-refractivity contribution in [1.82, 2.24) is 0 Å². The van der Waals surface area contributed by atoms with Crippen LogP contribution in [-0.2, 0) is 29.9 Å². The van der Waals surface area contributed by atoms with E-state index in [9.17, 15) is 26.3 Å². The van der Waals surface area contributed by atoms with Gasteiger partial charge in [-0.1, -0.05) is 36.4 Å². The van der Waals surface area contributed by atoms with Crippen molar-refractivity contribution in [3.8, 4) is 0 Å². The van der Waals surface area contributed by atoms with E-state index in [0.717, 1.165) is 24.3 Å². The third-order valence-electron chi connectivity index (χ3n) is 3.58. The molecule has 136 valence electrons. The number of hydrogen-bond donors (Lipinski definition) is 0. The summed E-state index contributed by atoms with van der Waals surface area (Å²) < 4.78 is 81.0. The Kier molecular flexibility index (Phi) is 6.11. The highest BCUT2D eigenvalue weighted by molar-refractivity contribution is 5.26. The van der Waals surface area contributed by atoms with Gasteiger partial charge < -0.3 is 4.74 Å². The molecule has 0 bridgehead atoms. The zero-order valence-electron chi connectivity index (χ0n) is 13.1. The lowest BCUT2D eigenvalue weighted by atomic mass is 10.1. The molecule has 0 unspecified atom stereocenters. The smallest absolute Gasteiger partial charge is 0.381 e. The third-order valence-corrected chi connectivity index (χ3v) is 3.58. The van der Waals surface area contributed by atoms with Crippen LogP contribution in [0.25, 0.3) is 0 Å². The molecule has 0 atom stereocenters. The van der Waals surface area contributed by atoms with Gasteiger partial charge in [-0.2, -0.15) is 26.3 Å². The Balaban J connectivity index is 1.79. The zero-order chi connectivity index (χ0) is 18.5. The second-order valence-electron chi connectivity index (χ2n) is 5.51. The van der Waals surface area contributed by atoms with Crippen molar-refractivity contribution < 1.29 is 31.1 Å². The van der Waals surface area contributed by atoms with E-state index in [1.54, 1.807) is 12.1 Å². The first-order valence-electron chi connectivity index (χ1n) is 7.56. The summed E-state index contributed by atoms with van der Waals surface area (Å²) >= 11 is 0. The number of hydrogen-bond acceptors (Lipinski definition) is 1. The van der Waals surface area contributed by atoms with Crippen molar-refractivity contribution in [2.75, 3.05) is 13.2 Å². The van der Waals surface area contributed by atoms with Crippen molar-refractivity contribution in [3.05, 3.63) is 70.8 Å². The highest BCUT2D eigenvalue weighted by Crippen LogP contribution is 2.30. The summed E-state index contributed by atoms with van der Waals surface area (Å²) in [5.41, 5.74) is -0.439. The lowest BCUT2D eigenvalue weighted by molar-refractivity contribution is -0.138. The fraction of sp³-hybridized carbons (Fsp3) is 0.333. The molecule has 1 nitrogen and oxygen atoms in total. The molecule has 0 aliphatic rings. The van der Waals surface area contributed by atoms with Crippen LogP contribution in [-0.4, -0.2) is 13.2 Å². The van der Waals surface area contributed by atoms with Crippen LogP contribution in [0.15, 0.2) is 48.5 Å². The number of benzene rings is 2. The minimum absolute atomic E-state index is 0.195. The van der Waals surface area contributed by atoms with Crippen LogP contribution in [0.5, 0.6) is 0 Å². The van der Waals surface area contributed by atoms with Gasteiger partial charge in [-0.25, -0.2) is 0 Å². The zero-order valence-corrected chi connectivity index (χ0v) is 13.1. The van der Waals surface area contributed by atoms with E-state index in [0.29, 0.717) is 24.0 Å². The number of halogens is 6. The minimum Gasteiger partial charge on any atom is -0.381 e. The molecule has 2 aromatic rings. The van der Waals surface area contributed by atoms with E-state index in [4.69, 9.17) is 4.74 Å². The van der Waals surface area contributed by atoms with Crippen molar-refractivity contribution in [2.45, 2.75) is 25.2 Å². The van der Waals surface area contributed by atoms with E-state index in [2.05, 4.69) is 0 Å². The monoisotopic (exact) mass is 362 g/mol. The molecule has 7 heteroatoms. The van der Waals surface area contributed by atoms with E-state index in [-0.39, 0.29) is 13.2 Å². The number of ether oxygens (including phenoxy) is 1. The lowest BCUT2D eigenvalue weighted by Crippen LogP contribution is -2.08. The summed E-state index contributed by atoms with van der Waals surface area (Å²) in [5, 5.41) is 0. The maximum absolute atomic E-state index is 12.6. The fourth-order valence-electron chi connectivity index (χ4n) is 2.29. The predicted molar refractivity (Wildman–Crippen MR) is 81.1 cm³/mol. The van der Waals surface area contributed by atoms with Crippen molar-refractivity contribution in [1.29, 1.82) is 0 Å². The molecule has 0 radical (unpaired) electrons. The molecule has 0 N–H and O–H groups in total. The first-order chi connectivity index (χ1) is 11.7. The molecular weight excluding hydrogens is 346 g/mol. The molecule has 2 rings (SSSR count). The molecule has 2 aromatic carbocycles. The number of rotatable bonds is 6.